The molecule has 0 N–H and O–H groups in total. The minimum Gasteiger partial charge on any atom is -0.496 e. The lowest BCUT2D eigenvalue weighted by Gasteiger charge is -2.36. The highest BCUT2D eigenvalue weighted by Crippen LogP contribution is 2.40. The first-order valence-electron chi connectivity index (χ1n) is 12.0. The van der Waals surface area contributed by atoms with Gasteiger partial charge < -0.3 is 14.4 Å². The summed E-state index contributed by atoms with van der Waals surface area (Å²) in [5, 5.41) is 1.29. The van der Waals surface area contributed by atoms with E-state index in [9.17, 15) is 0 Å². The second-order valence-corrected chi connectivity index (χ2v) is 9.99. The van der Waals surface area contributed by atoms with Gasteiger partial charge in [-0.1, -0.05) is 24.3 Å². The molecule has 1 aliphatic carbocycles. The van der Waals surface area contributed by atoms with E-state index < -0.39 is 0 Å². The van der Waals surface area contributed by atoms with E-state index >= 15 is 0 Å². The van der Waals surface area contributed by atoms with Crippen molar-refractivity contribution in [1.29, 1.82) is 0 Å². The molecule has 174 valence electrons. The molecule has 2 aromatic carbocycles. The third kappa shape index (κ3) is 4.73. The van der Waals surface area contributed by atoms with Crippen LogP contribution in [0.1, 0.15) is 28.3 Å². The van der Waals surface area contributed by atoms with Crippen molar-refractivity contribution < 1.29 is 9.47 Å². The number of aryl methyl sites for hydroxylation is 2. The first-order chi connectivity index (χ1) is 16.3. The van der Waals surface area contributed by atoms with Crippen molar-refractivity contribution in [3.63, 3.8) is 0 Å². The van der Waals surface area contributed by atoms with E-state index in [4.69, 9.17) is 14.5 Å². The zero-order valence-electron chi connectivity index (χ0n) is 19.7. The molecule has 3 aromatic rings. The van der Waals surface area contributed by atoms with Gasteiger partial charge in [-0.15, -0.1) is 11.3 Å². The van der Waals surface area contributed by atoms with Gasteiger partial charge in [0.15, 0.2) is 0 Å². The van der Waals surface area contributed by atoms with Gasteiger partial charge >= 0.3 is 0 Å². The van der Waals surface area contributed by atoms with Crippen LogP contribution in [0.15, 0.2) is 42.5 Å². The maximum Gasteiger partial charge on any atom is 0.142 e. The molecule has 0 saturated carbocycles. The summed E-state index contributed by atoms with van der Waals surface area (Å²) in [6, 6.07) is 14.7. The Morgan fingerprint density at radius 3 is 2.48 bits per heavy atom. The van der Waals surface area contributed by atoms with Crippen LogP contribution in [0.3, 0.4) is 0 Å². The Hall–Kier alpha value is -2.57. The molecule has 1 saturated heterocycles. The van der Waals surface area contributed by atoms with E-state index in [0.29, 0.717) is 0 Å². The molecule has 2 aliphatic rings. The smallest absolute Gasteiger partial charge is 0.142 e. The summed E-state index contributed by atoms with van der Waals surface area (Å²) in [7, 11) is 3.51. The molecule has 6 heteroatoms. The van der Waals surface area contributed by atoms with Crippen LogP contribution in [0.25, 0.3) is 11.3 Å². The zero-order chi connectivity index (χ0) is 22.6. The van der Waals surface area contributed by atoms with Crippen molar-refractivity contribution in [2.24, 2.45) is 0 Å². The summed E-state index contributed by atoms with van der Waals surface area (Å²) < 4.78 is 11.1. The maximum absolute atomic E-state index is 5.58. The van der Waals surface area contributed by atoms with Crippen molar-refractivity contribution in [3.05, 3.63) is 57.9 Å². The lowest BCUT2D eigenvalue weighted by Crippen LogP contribution is -2.46. The average Bonchev–Trinajstić information content (AvgIpc) is 3.30. The Morgan fingerprint density at radius 1 is 0.879 bits per heavy atom. The molecule has 1 fully saturated rings. The predicted octanol–water partition coefficient (Wildman–Crippen LogP) is 5.07. The van der Waals surface area contributed by atoms with Crippen molar-refractivity contribution in [2.75, 3.05) is 51.8 Å². The molecule has 1 aliphatic heterocycles. The quantitative estimate of drug-likeness (QED) is 0.436. The number of para-hydroxylation sites is 2. The number of anilines is 1. The van der Waals surface area contributed by atoms with E-state index in [1.165, 1.54) is 51.8 Å². The zero-order valence-corrected chi connectivity index (χ0v) is 20.5. The Labute approximate surface area is 201 Å². The number of unbranched alkanes of at least 4 members (excludes halogenated alkanes) is 1. The second kappa shape index (κ2) is 10.1. The Morgan fingerprint density at radius 2 is 1.67 bits per heavy atom. The van der Waals surface area contributed by atoms with Gasteiger partial charge in [-0.2, -0.15) is 0 Å². The maximum atomic E-state index is 5.58. The van der Waals surface area contributed by atoms with E-state index in [2.05, 4.69) is 40.1 Å². The van der Waals surface area contributed by atoms with E-state index in [1.54, 1.807) is 14.2 Å². The molecule has 0 amide bonds. The monoisotopic (exact) mass is 463 g/mol. The second-order valence-electron chi connectivity index (χ2n) is 8.82. The molecule has 33 heavy (non-hydrogen) atoms. The highest BCUT2D eigenvalue weighted by molar-refractivity contribution is 7.12. The molecule has 0 spiro atoms. The number of hydrogen-bond acceptors (Lipinski definition) is 6. The van der Waals surface area contributed by atoms with Gasteiger partial charge in [0.2, 0.25) is 0 Å². The number of rotatable bonds is 8. The fourth-order valence-electron chi connectivity index (χ4n) is 5.08. The molecule has 5 rings (SSSR count). The fourth-order valence-corrected chi connectivity index (χ4v) is 6.20. The summed E-state index contributed by atoms with van der Waals surface area (Å²) in [5.74, 6) is 1.97. The first-order valence-corrected chi connectivity index (χ1v) is 12.8. The molecule has 2 heterocycles. The van der Waals surface area contributed by atoms with Crippen molar-refractivity contribution >= 4 is 17.0 Å². The van der Waals surface area contributed by atoms with Gasteiger partial charge in [0.25, 0.3) is 0 Å². The molecule has 5 nitrogen and oxygen atoms in total. The van der Waals surface area contributed by atoms with E-state index in [0.717, 1.165) is 56.9 Å². The highest BCUT2D eigenvalue weighted by Gasteiger charge is 2.23. The number of piperazine rings is 1. The van der Waals surface area contributed by atoms with Crippen molar-refractivity contribution in [1.82, 2.24) is 9.88 Å². The summed E-state index contributed by atoms with van der Waals surface area (Å²) in [5.41, 5.74) is 5.00. The Balaban J connectivity index is 1.10. The molecule has 0 radical (unpaired) electrons. The summed E-state index contributed by atoms with van der Waals surface area (Å²) >= 11 is 1.92. The highest BCUT2D eigenvalue weighted by atomic mass is 32.1. The van der Waals surface area contributed by atoms with E-state index in [1.807, 2.05) is 23.5 Å². The van der Waals surface area contributed by atoms with Gasteiger partial charge in [0, 0.05) is 42.2 Å². The predicted molar refractivity (Wildman–Crippen MR) is 136 cm³/mol. The SMILES string of the molecule is COc1ccccc1N1CCN(CCCCc2nc3c(s2)CCc2c(OC)cccc2-3)CC1. The third-order valence-electron chi connectivity index (χ3n) is 6.86. The van der Waals surface area contributed by atoms with Crippen molar-refractivity contribution in [3.8, 4) is 22.8 Å². The molecule has 0 atom stereocenters. The van der Waals surface area contributed by atoms with E-state index in [-0.39, 0.29) is 0 Å². The standard InChI is InChI=1S/C27H33N3O2S/c1-31-23-11-7-8-21-20(23)13-14-25-27(21)28-26(33-25)12-5-6-15-29-16-18-30(19-17-29)22-9-3-4-10-24(22)32-2/h3-4,7-11H,5-6,12-19H2,1-2H3. The number of aromatic nitrogens is 1. The molecule has 0 unspecified atom stereocenters. The van der Waals surface area contributed by atoms with Crippen LogP contribution in [0.2, 0.25) is 0 Å². The Bertz CT molecular complexity index is 1090. The molecule has 0 bridgehead atoms. The third-order valence-corrected chi connectivity index (χ3v) is 8.04. The first kappa shape index (κ1) is 22.2. The van der Waals surface area contributed by atoms with Gasteiger partial charge in [0.1, 0.15) is 11.5 Å². The van der Waals surface area contributed by atoms with Crippen LogP contribution in [0.5, 0.6) is 11.5 Å². The molecular formula is C27H33N3O2S. The number of hydrogen-bond donors (Lipinski definition) is 0. The van der Waals surface area contributed by atoms with Gasteiger partial charge in [-0.05, 0) is 56.8 Å². The minimum absolute atomic E-state index is 0.971. The number of methoxy groups -OCH3 is 2. The normalized spacial score (nSPS) is 15.8. The number of fused-ring (bicyclic) bond motifs is 3. The van der Waals surface area contributed by atoms with Crippen LogP contribution >= 0.6 is 11.3 Å². The average molecular weight is 464 g/mol. The number of benzene rings is 2. The lowest BCUT2D eigenvalue weighted by atomic mass is 9.93. The number of ether oxygens (including phenoxy) is 2. The summed E-state index contributed by atoms with van der Waals surface area (Å²) in [6.45, 7) is 5.51. The largest absolute Gasteiger partial charge is 0.496 e. The lowest BCUT2D eigenvalue weighted by molar-refractivity contribution is 0.252. The number of thiazole rings is 1. The molecular weight excluding hydrogens is 430 g/mol. The van der Waals surface area contributed by atoms with Crippen LogP contribution < -0.4 is 14.4 Å². The minimum atomic E-state index is 0.971. The van der Waals surface area contributed by atoms with Gasteiger partial charge in [-0.25, -0.2) is 4.98 Å². The van der Waals surface area contributed by atoms with Crippen LogP contribution in [0, 0.1) is 0 Å². The topological polar surface area (TPSA) is 37.8 Å². The van der Waals surface area contributed by atoms with Crippen molar-refractivity contribution in [2.45, 2.75) is 32.1 Å². The summed E-state index contributed by atoms with van der Waals surface area (Å²) in [6.07, 6.45) is 5.64. The fraction of sp³-hybridized carbons (Fsp3) is 0.444. The van der Waals surface area contributed by atoms with Gasteiger partial charge in [0.05, 0.1) is 30.6 Å². The number of nitrogens with zero attached hydrogens (tertiary/aromatic N) is 3. The van der Waals surface area contributed by atoms with Gasteiger partial charge in [-0.3, -0.25) is 4.90 Å². The van der Waals surface area contributed by atoms with Crippen LogP contribution in [-0.4, -0.2) is 56.8 Å². The van der Waals surface area contributed by atoms with Crippen LogP contribution in [0.4, 0.5) is 5.69 Å². The summed E-state index contributed by atoms with van der Waals surface area (Å²) in [4.78, 5) is 11.5. The Kier molecular flexibility index (Phi) is 6.83. The molecule has 1 aromatic heterocycles. The van der Waals surface area contributed by atoms with Crippen LogP contribution in [-0.2, 0) is 19.3 Å².